The molecule has 186 valence electrons. The zero-order chi connectivity index (χ0) is 25.4. The minimum Gasteiger partial charge on any atom is -0.395 e. The summed E-state index contributed by atoms with van der Waals surface area (Å²) < 4.78 is 62.0. The van der Waals surface area contributed by atoms with Gasteiger partial charge < -0.3 is 15.3 Å². The zero-order valence-electron chi connectivity index (χ0n) is 17.0. The van der Waals surface area contributed by atoms with Crippen molar-refractivity contribution in [1.29, 1.82) is 0 Å². The predicted molar refractivity (Wildman–Crippen MR) is 113 cm³/mol. The van der Waals surface area contributed by atoms with Crippen LogP contribution in [-0.4, -0.2) is 84.5 Å². The Bertz CT molecular complexity index is 1070. The number of carbonyl (C=O) groups excluding carboxylic acids is 1. The highest BCUT2D eigenvalue weighted by Crippen LogP contribution is 2.36. The van der Waals surface area contributed by atoms with E-state index in [0.29, 0.717) is 6.07 Å². The Morgan fingerprint density at radius 2 is 1.48 bits per heavy atom. The van der Waals surface area contributed by atoms with Gasteiger partial charge in [-0.3, -0.25) is 34.1 Å². The number of nitro benzene ring substituents is 2. The fourth-order valence-electron chi connectivity index (χ4n) is 2.83. The zero-order valence-corrected chi connectivity index (χ0v) is 18.6. The molecule has 0 aliphatic heterocycles. The van der Waals surface area contributed by atoms with E-state index in [-0.39, 0.29) is 32.5 Å². The molecule has 1 aromatic rings. The van der Waals surface area contributed by atoms with Gasteiger partial charge in [0.25, 0.3) is 37.5 Å². The van der Waals surface area contributed by atoms with E-state index < -0.39 is 76.7 Å². The first kappa shape index (κ1) is 28.1. The van der Waals surface area contributed by atoms with Gasteiger partial charge in [0, 0.05) is 25.7 Å². The van der Waals surface area contributed by atoms with Crippen LogP contribution in [0.5, 0.6) is 0 Å². The van der Waals surface area contributed by atoms with Crippen LogP contribution >= 0.6 is 0 Å². The summed E-state index contributed by atoms with van der Waals surface area (Å²) in [7, 11) is -8.84. The van der Waals surface area contributed by atoms with Crippen LogP contribution in [0, 0.1) is 20.2 Å². The molecule has 0 fully saturated rings. The maximum absolute atomic E-state index is 12.6. The summed E-state index contributed by atoms with van der Waals surface area (Å²) in [6.45, 7) is -1.49. The van der Waals surface area contributed by atoms with Crippen molar-refractivity contribution in [2.24, 2.45) is 0 Å². The number of hydrogen-bond acceptors (Lipinski definition) is 11. The summed E-state index contributed by atoms with van der Waals surface area (Å²) in [6.07, 6.45) is -0.618. The number of hydrogen-bond donors (Lipinski definition) is 4. The SMILES string of the molecule is O=C(NCCO)c1cc([N+](=O)[O-])cc([N+](=O)[O-])c1N(CCCS(=O)(=O)O)CCCS(=O)(=O)O. The summed E-state index contributed by atoms with van der Waals surface area (Å²) in [5.41, 5.74) is -2.71. The van der Waals surface area contributed by atoms with Crippen molar-refractivity contribution in [1.82, 2.24) is 5.32 Å². The molecule has 1 rings (SSSR count). The lowest BCUT2D eigenvalue weighted by molar-refractivity contribution is -0.393. The average Bonchev–Trinajstić information content (AvgIpc) is 2.68. The Balaban J connectivity index is 3.61. The number of nitro groups is 2. The highest BCUT2D eigenvalue weighted by Gasteiger charge is 2.31. The number of nitrogens with zero attached hydrogens (tertiary/aromatic N) is 3. The molecule has 0 radical (unpaired) electrons. The standard InChI is InChI=1S/C15H22N4O12S2/c20-6-3-16-15(21)12-9-11(18(22)23)10-13(19(24)25)14(12)17(4-1-7-32(26,27)28)5-2-8-33(29,30)31/h9-10,20H,1-8H2,(H,16,21)(H,26,27,28)(H,29,30,31). The smallest absolute Gasteiger partial charge is 0.300 e. The topological polar surface area (TPSA) is 248 Å². The van der Waals surface area contributed by atoms with Gasteiger partial charge >= 0.3 is 0 Å². The molecule has 0 bridgehead atoms. The van der Waals surface area contributed by atoms with Crippen molar-refractivity contribution in [3.63, 3.8) is 0 Å². The molecule has 0 aliphatic carbocycles. The van der Waals surface area contributed by atoms with E-state index in [0.717, 1.165) is 11.0 Å². The molecule has 0 heterocycles. The van der Waals surface area contributed by atoms with Gasteiger partial charge in [0.05, 0.1) is 39.6 Å². The molecule has 18 heteroatoms. The predicted octanol–water partition coefficient (Wildman–Crippen LogP) is -0.413. The number of carbonyl (C=O) groups is 1. The van der Waals surface area contributed by atoms with Gasteiger partial charge in [-0.1, -0.05) is 0 Å². The second kappa shape index (κ2) is 11.8. The number of aliphatic hydroxyl groups is 1. The monoisotopic (exact) mass is 514 g/mol. The van der Waals surface area contributed by atoms with Gasteiger partial charge in [-0.25, -0.2) is 0 Å². The van der Waals surface area contributed by atoms with E-state index in [1.165, 1.54) is 0 Å². The number of nitrogens with one attached hydrogen (secondary N) is 1. The Hall–Kier alpha value is -2.93. The second-order valence-electron chi connectivity index (χ2n) is 6.62. The lowest BCUT2D eigenvalue weighted by atomic mass is 10.1. The minimum absolute atomic E-state index is 0.291. The van der Waals surface area contributed by atoms with Crippen molar-refractivity contribution >= 4 is 43.2 Å². The van der Waals surface area contributed by atoms with Crippen molar-refractivity contribution in [3.05, 3.63) is 37.9 Å². The van der Waals surface area contributed by atoms with Crippen LogP contribution in [-0.2, 0) is 20.2 Å². The summed E-state index contributed by atoms with van der Waals surface area (Å²) in [6, 6.07) is 1.32. The molecule has 0 unspecified atom stereocenters. The van der Waals surface area contributed by atoms with Gasteiger partial charge in [0.2, 0.25) is 0 Å². The number of amides is 1. The van der Waals surface area contributed by atoms with Crippen LogP contribution in [0.3, 0.4) is 0 Å². The number of aliphatic hydroxyl groups excluding tert-OH is 1. The maximum atomic E-state index is 12.6. The van der Waals surface area contributed by atoms with Crippen molar-refractivity contribution in [3.8, 4) is 0 Å². The molecule has 16 nitrogen and oxygen atoms in total. The van der Waals surface area contributed by atoms with E-state index in [1.54, 1.807) is 0 Å². The van der Waals surface area contributed by atoms with Gasteiger partial charge in [-0.2, -0.15) is 16.8 Å². The molecule has 1 aromatic carbocycles. The fourth-order valence-corrected chi connectivity index (χ4v) is 3.82. The van der Waals surface area contributed by atoms with Crippen LogP contribution in [0.1, 0.15) is 23.2 Å². The molecule has 33 heavy (non-hydrogen) atoms. The second-order valence-corrected chi connectivity index (χ2v) is 9.77. The lowest BCUT2D eigenvalue weighted by Crippen LogP contribution is -2.33. The Kier molecular flexibility index (Phi) is 10.0. The number of benzene rings is 1. The van der Waals surface area contributed by atoms with Crippen LogP contribution in [0.2, 0.25) is 0 Å². The molecule has 0 saturated carbocycles. The molecule has 1 amide bonds. The highest BCUT2D eigenvalue weighted by molar-refractivity contribution is 7.86. The molecule has 4 N–H and O–H groups in total. The largest absolute Gasteiger partial charge is 0.395 e. The van der Waals surface area contributed by atoms with Crippen LogP contribution in [0.15, 0.2) is 12.1 Å². The summed E-state index contributed by atoms with van der Waals surface area (Å²) in [5.74, 6) is -2.57. The van der Waals surface area contributed by atoms with E-state index in [2.05, 4.69) is 5.32 Å². The number of anilines is 1. The van der Waals surface area contributed by atoms with Crippen molar-refractivity contribution < 1.29 is 45.7 Å². The lowest BCUT2D eigenvalue weighted by Gasteiger charge is -2.26. The van der Waals surface area contributed by atoms with Gasteiger partial charge in [-0.15, -0.1) is 0 Å². The highest BCUT2D eigenvalue weighted by atomic mass is 32.2. The van der Waals surface area contributed by atoms with Crippen LogP contribution in [0.4, 0.5) is 17.1 Å². The minimum atomic E-state index is -4.42. The first-order valence-electron chi connectivity index (χ1n) is 9.17. The summed E-state index contributed by atoms with van der Waals surface area (Å²) >= 11 is 0. The van der Waals surface area contributed by atoms with Crippen molar-refractivity contribution in [2.75, 3.05) is 42.6 Å². The maximum Gasteiger partial charge on any atom is 0.300 e. The molecular formula is C15H22N4O12S2. The van der Waals surface area contributed by atoms with Crippen LogP contribution in [0.25, 0.3) is 0 Å². The molecule has 0 atom stereocenters. The molecular weight excluding hydrogens is 492 g/mol. The van der Waals surface area contributed by atoms with Crippen molar-refractivity contribution in [2.45, 2.75) is 12.8 Å². The van der Waals surface area contributed by atoms with E-state index in [4.69, 9.17) is 14.2 Å². The average molecular weight is 514 g/mol. The molecule has 0 aromatic heterocycles. The fraction of sp³-hybridized carbons (Fsp3) is 0.533. The number of non-ortho nitro benzene ring substituents is 1. The number of rotatable bonds is 14. The van der Waals surface area contributed by atoms with E-state index in [1.807, 2.05) is 0 Å². The summed E-state index contributed by atoms with van der Waals surface area (Å²) in [5, 5.41) is 34.0. The van der Waals surface area contributed by atoms with Crippen LogP contribution < -0.4 is 10.2 Å². The van der Waals surface area contributed by atoms with E-state index >= 15 is 0 Å². The molecule has 0 aliphatic rings. The van der Waals surface area contributed by atoms with Gasteiger partial charge in [0.1, 0.15) is 5.69 Å². The molecule has 0 spiro atoms. The van der Waals surface area contributed by atoms with Gasteiger partial charge in [0.15, 0.2) is 0 Å². The normalized spacial score (nSPS) is 11.7. The molecule has 0 saturated heterocycles. The van der Waals surface area contributed by atoms with Gasteiger partial charge in [-0.05, 0) is 12.8 Å². The Morgan fingerprint density at radius 3 is 1.88 bits per heavy atom. The quantitative estimate of drug-likeness (QED) is 0.140. The summed E-state index contributed by atoms with van der Waals surface area (Å²) in [4.78, 5) is 34.5. The third-order valence-electron chi connectivity index (χ3n) is 4.10. The Labute approximate surface area is 188 Å². The Morgan fingerprint density at radius 1 is 0.970 bits per heavy atom. The third-order valence-corrected chi connectivity index (χ3v) is 5.71. The van der Waals surface area contributed by atoms with E-state index in [9.17, 15) is 41.9 Å². The third kappa shape index (κ3) is 9.61. The first-order valence-corrected chi connectivity index (χ1v) is 12.4. The first-order chi connectivity index (χ1) is 15.2.